The average molecular weight is 912 g/mol. The lowest BCUT2D eigenvalue weighted by molar-refractivity contribution is -0.303. The van der Waals surface area contributed by atoms with Gasteiger partial charge < -0.3 is 50.5 Å². The van der Waals surface area contributed by atoms with Crippen LogP contribution in [0, 0.1) is 0 Å². The van der Waals surface area contributed by atoms with Crippen LogP contribution in [0.5, 0.6) is 0 Å². The molecule has 1 aliphatic heterocycles. The fourth-order valence-corrected chi connectivity index (χ4v) is 8.55. The second kappa shape index (κ2) is 42.9. The van der Waals surface area contributed by atoms with Gasteiger partial charge in [-0.25, -0.2) is 0 Å². The van der Waals surface area contributed by atoms with Gasteiger partial charge in [0.1, 0.15) is 36.6 Å². The number of aliphatic hydroxyl groups is 7. The molecule has 1 rings (SSSR count). The van der Waals surface area contributed by atoms with Crippen molar-refractivity contribution in [1.82, 2.24) is 5.32 Å². The van der Waals surface area contributed by atoms with Crippen LogP contribution < -0.4 is 5.32 Å². The Labute approximate surface area is 391 Å². The Morgan fingerprint density at radius 1 is 0.531 bits per heavy atom. The molecule has 1 fully saturated rings. The van der Waals surface area contributed by atoms with E-state index in [0.29, 0.717) is 12.8 Å². The first-order valence-corrected chi connectivity index (χ1v) is 26.7. The Kier molecular flexibility index (Phi) is 40.6. The van der Waals surface area contributed by atoms with Crippen LogP contribution in [0.15, 0.2) is 24.3 Å². The Bertz CT molecular complexity index is 1090. The fourth-order valence-electron chi connectivity index (χ4n) is 8.55. The Morgan fingerprint density at radius 3 is 1.34 bits per heavy atom. The van der Waals surface area contributed by atoms with Gasteiger partial charge in [0.25, 0.3) is 0 Å². The maximum atomic E-state index is 13.1. The number of unbranched alkanes of at least 4 members (excludes halogenated alkanes) is 29. The molecule has 1 amide bonds. The molecule has 1 heterocycles. The Morgan fingerprint density at radius 2 is 0.922 bits per heavy atom. The van der Waals surface area contributed by atoms with Crippen LogP contribution >= 0.6 is 0 Å². The van der Waals surface area contributed by atoms with E-state index in [4.69, 9.17) is 9.47 Å². The van der Waals surface area contributed by atoms with Crippen LogP contribution in [-0.2, 0) is 14.3 Å². The van der Waals surface area contributed by atoms with Gasteiger partial charge in [-0.15, -0.1) is 0 Å². The number of carbonyl (C=O) groups excluding carboxylic acids is 1. The normalized spacial score (nSPS) is 21.2. The van der Waals surface area contributed by atoms with Gasteiger partial charge in [-0.1, -0.05) is 199 Å². The third kappa shape index (κ3) is 31.5. The summed E-state index contributed by atoms with van der Waals surface area (Å²) in [6.07, 6.45) is 38.3. The lowest BCUT2D eigenvalue weighted by Crippen LogP contribution is -2.60. The quantitative estimate of drug-likeness (QED) is 0.0216. The molecule has 378 valence electrons. The number of nitrogens with one attached hydrogen (secondary N) is 1. The molecule has 9 unspecified atom stereocenters. The van der Waals surface area contributed by atoms with Crippen molar-refractivity contribution in [3.8, 4) is 0 Å². The summed E-state index contributed by atoms with van der Waals surface area (Å²) in [6.45, 7) is 3.41. The van der Waals surface area contributed by atoms with Crippen LogP contribution in [0.4, 0.5) is 0 Å². The molecule has 1 saturated heterocycles. The molecule has 8 N–H and O–H groups in total. The van der Waals surface area contributed by atoms with Gasteiger partial charge in [-0.2, -0.15) is 0 Å². The SMILES string of the molecule is CCCCCCC/C=C/CCCC(O)C(O)C(COC1OC(CO)C(O)C(O)C1O)NC(=O)C(O)CCCCCCCCCCCCC/C=C\CCCCCCCCCCCCCC. The van der Waals surface area contributed by atoms with Crippen LogP contribution in [0.2, 0.25) is 0 Å². The second-order valence-corrected chi connectivity index (χ2v) is 18.9. The smallest absolute Gasteiger partial charge is 0.249 e. The molecule has 0 aromatic rings. The Balaban J connectivity index is 2.26. The van der Waals surface area contributed by atoms with E-state index < -0.39 is 74.2 Å². The summed E-state index contributed by atoms with van der Waals surface area (Å²) in [5, 5.41) is 75.7. The lowest BCUT2D eigenvalue weighted by atomic mass is 9.98. The van der Waals surface area contributed by atoms with E-state index >= 15 is 0 Å². The maximum absolute atomic E-state index is 13.1. The fraction of sp³-hybridized carbons (Fsp3) is 0.906. The molecule has 0 saturated carbocycles. The van der Waals surface area contributed by atoms with Crippen molar-refractivity contribution in [3.63, 3.8) is 0 Å². The second-order valence-electron chi connectivity index (χ2n) is 18.9. The van der Waals surface area contributed by atoms with Crippen molar-refractivity contribution in [1.29, 1.82) is 0 Å². The monoisotopic (exact) mass is 912 g/mol. The molecular formula is C53H101NO10. The van der Waals surface area contributed by atoms with Crippen LogP contribution in [0.3, 0.4) is 0 Å². The maximum Gasteiger partial charge on any atom is 0.249 e. The highest BCUT2D eigenvalue weighted by molar-refractivity contribution is 5.80. The number of hydrogen-bond donors (Lipinski definition) is 8. The van der Waals surface area contributed by atoms with Gasteiger partial charge in [0.15, 0.2) is 6.29 Å². The van der Waals surface area contributed by atoms with Gasteiger partial charge in [0.2, 0.25) is 5.91 Å². The standard InChI is InChI=1S/C53H101NO10/c1-3-5-7-9-11-13-15-16-17-18-19-20-21-22-23-24-25-26-27-28-29-30-31-33-35-37-39-41-46(57)52(62)54-44(43-63-53-51(61)50(60)49(59)47(42-55)64-53)48(58)45(56)40-38-36-34-32-14-12-10-8-6-4-2/h22-23,32,34,44-51,53,55-61H,3-21,24-31,33,35-43H2,1-2H3,(H,54,62)/b23-22-,34-32+. The zero-order valence-corrected chi connectivity index (χ0v) is 41.0. The van der Waals surface area contributed by atoms with Gasteiger partial charge in [-0.05, 0) is 64.2 Å². The number of carbonyl (C=O) groups is 1. The summed E-state index contributed by atoms with van der Waals surface area (Å²) >= 11 is 0. The Hall–Kier alpha value is -1.41. The summed E-state index contributed by atoms with van der Waals surface area (Å²) in [5.74, 6) is -0.707. The van der Waals surface area contributed by atoms with Gasteiger partial charge >= 0.3 is 0 Å². The molecule has 64 heavy (non-hydrogen) atoms. The zero-order chi connectivity index (χ0) is 46.9. The van der Waals surface area contributed by atoms with Crippen molar-refractivity contribution in [2.24, 2.45) is 0 Å². The van der Waals surface area contributed by atoms with Gasteiger partial charge in [0, 0.05) is 0 Å². The van der Waals surface area contributed by atoms with Crippen molar-refractivity contribution in [2.75, 3.05) is 13.2 Å². The third-order valence-corrected chi connectivity index (χ3v) is 13.0. The van der Waals surface area contributed by atoms with E-state index in [9.17, 15) is 40.5 Å². The third-order valence-electron chi connectivity index (χ3n) is 13.0. The molecule has 0 radical (unpaired) electrons. The van der Waals surface area contributed by atoms with Crippen LogP contribution in [0.25, 0.3) is 0 Å². The first-order valence-electron chi connectivity index (χ1n) is 26.7. The zero-order valence-electron chi connectivity index (χ0n) is 41.0. The molecule has 0 aliphatic carbocycles. The van der Waals surface area contributed by atoms with E-state index in [1.165, 1.54) is 161 Å². The topological polar surface area (TPSA) is 189 Å². The minimum Gasteiger partial charge on any atom is -0.394 e. The summed E-state index contributed by atoms with van der Waals surface area (Å²) in [5.41, 5.74) is 0. The van der Waals surface area contributed by atoms with E-state index in [1.807, 2.05) is 0 Å². The number of aliphatic hydroxyl groups excluding tert-OH is 7. The predicted molar refractivity (Wildman–Crippen MR) is 261 cm³/mol. The van der Waals surface area contributed by atoms with Gasteiger partial charge in [-0.3, -0.25) is 4.79 Å². The molecule has 0 spiro atoms. The number of amides is 1. The highest BCUT2D eigenvalue weighted by Gasteiger charge is 2.44. The molecule has 0 aromatic carbocycles. The van der Waals surface area contributed by atoms with E-state index in [1.54, 1.807) is 0 Å². The highest BCUT2D eigenvalue weighted by atomic mass is 16.7. The first kappa shape index (κ1) is 60.6. The summed E-state index contributed by atoms with van der Waals surface area (Å²) in [7, 11) is 0. The number of rotatable bonds is 45. The average Bonchev–Trinajstić information content (AvgIpc) is 3.29. The number of allylic oxidation sites excluding steroid dienone is 4. The van der Waals surface area contributed by atoms with Crippen molar-refractivity contribution >= 4 is 5.91 Å². The predicted octanol–water partition coefficient (Wildman–Crippen LogP) is 10.2. The first-order chi connectivity index (χ1) is 31.2. The molecule has 9 atom stereocenters. The van der Waals surface area contributed by atoms with Crippen LogP contribution in [-0.4, -0.2) is 110 Å². The minimum atomic E-state index is -1.67. The highest BCUT2D eigenvalue weighted by Crippen LogP contribution is 2.23. The van der Waals surface area contributed by atoms with Gasteiger partial charge in [0.05, 0.1) is 25.4 Å². The van der Waals surface area contributed by atoms with E-state index in [-0.39, 0.29) is 12.8 Å². The minimum absolute atomic E-state index is 0.254. The molecule has 1 aliphatic rings. The summed E-state index contributed by atoms with van der Waals surface area (Å²) in [6, 6.07) is -1.18. The molecule has 0 bridgehead atoms. The van der Waals surface area contributed by atoms with Crippen molar-refractivity contribution in [3.05, 3.63) is 24.3 Å². The molecule has 11 heteroatoms. The van der Waals surface area contributed by atoms with E-state index in [2.05, 4.69) is 43.5 Å². The van der Waals surface area contributed by atoms with E-state index in [0.717, 1.165) is 38.5 Å². The lowest BCUT2D eigenvalue weighted by Gasteiger charge is -2.40. The van der Waals surface area contributed by atoms with Crippen LogP contribution in [0.1, 0.15) is 239 Å². The van der Waals surface area contributed by atoms with Crippen molar-refractivity contribution in [2.45, 2.75) is 294 Å². The molecule has 11 nitrogen and oxygen atoms in total. The summed E-state index contributed by atoms with van der Waals surface area (Å²) in [4.78, 5) is 13.1. The number of hydrogen-bond acceptors (Lipinski definition) is 10. The largest absolute Gasteiger partial charge is 0.394 e. The molecular weight excluding hydrogens is 811 g/mol. The number of ether oxygens (including phenoxy) is 2. The summed E-state index contributed by atoms with van der Waals surface area (Å²) < 4.78 is 11.1. The van der Waals surface area contributed by atoms with Crippen molar-refractivity contribution < 1.29 is 50.0 Å². The molecule has 0 aromatic heterocycles.